The molecule has 0 aromatic heterocycles. The number of amidine groups is 1. The van der Waals surface area contributed by atoms with Gasteiger partial charge in [0, 0.05) is 31.4 Å². The molecule has 1 aromatic carbocycles. The Bertz CT molecular complexity index is 344. The van der Waals surface area contributed by atoms with Crippen LogP contribution in [-0.2, 0) is 0 Å². The lowest BCUT2D eigenvalue weighted by Crippen LogP contribution is -2.30. The summed E-state index contributed by atoms with van der Waals surface area (Å²) in [4.78, 5) is 4.45. The minimum absolute atomic E-state index is 0.937. The Labute approximate surface area is 84.2 Å². The molecule has 1 heterocycles. The average molecular weight is 189 g/mol. The third-order valence-electron chi connectivity index (χ3n) is 2.32. The first-order chi connectivity index (χ1) is 6.90. The highest BCUT2D eigenvalue weighted by molar-refractivity contribution is 5.99. The topological polar surface area (TPSA) is 36.4 Å². The van der Waals surface area contributed by atoms with Crippen LogP contribution in [0.3, 0.4) is 0 Å². The van der Waals surface area contributed by atoms with E-state index < -0.39 is 0 Å². The van der Waals surface area contributed by atoms with Crippen molar-refractivity contribution in [1.29, 1.82) is 0 Å². The fourth-order valence-electron chi connectivity index (χ4n) is 1.55. The summed E-state index contributed by atoms with van der Waals surface area (Å²) < 4.78 is 0. The van der Waals surface area contributed by atoms with E-state index in [0.29, 0.717) is 0 Å². The number of aliphatic imine (C=N–C) groups is 1. The Balaban J connectivity index is 2.26. The highest BCUT2D eigenvalue weighted by atomic mass is 15.0. The number of rotatable bonds is 2. The summed E-state index contributed by atoms with van der Waals surface area (Å²) in [5, 5.41) is 6.43. The molecule has 0 bridgehead atoms. The first kappa shape index (κ1) is 9.06. The summed E-state index contributed by atoms with van der Waals surface area (Å²) >= 11 is 0. The molecule has 0 saturated heterocycles. The number of nitrogens with zero attached hydrogens (tertiary/aromatic N) is 1. The van der Waals surface area contributed by atoms with E-state index in [-0.39, 0.29) is 0 Å². The van der Waals surface area contributed by atoms with Crippen LogP contribution in [-0.4, -0.2) is 26.0 Å². The lowest BCUT2D eigenvalue weighted by atomic mass is 10.1. The van der Waals surface area contributed by atoms with Gasteiger partial charge in [-0.25, -0.2) is 0 Å². The summed E-state index contributed by atoms with van der Waals surface area (Å²) in [7, 11) is 1.93. The maximum atomic E-state index is 4.45. The third-order valence-corrected chi connectivity index (χ3v) is 2.32. The van der Waals surface area contributed by atoms with E-state index in [1.54, 1.807) is 0 Å². The van der Waals surface area contributed by atoms with Gasteiger partial charge in [-0.15, -0.1) is 0 Å². The minimum Gasteiger partial charge on any atom is -0.388 e. The second kappa shape index (κ2) is 4.13. The van der Waals surface area contributed by atoms with Gasteiger partial charge < -0.3 is 10.6 Å². The van der Waals surface area contributed by atoms with Crippen molar-refractivity contribution in [1.82, 2.24) is 5.32 Å². The predicted molar refractivity (Wildman–Crippen MR) is 60.0 cm³/mol. The van der Waals surface area contributed by atoms with Crippen LogP contribution in [0, 0.1) is 0 Å². The number of nitrogens with one attached hydrogen (secondary N) is 2. The summed E-state index contributed by atoms with van der Waals surface area (Å²) in [6.45, 7) is 1.97. The van der Waals surface area contributed by atoms with Crippen molar-refractivity contribution in [2.24, 2.45) is 4.99 Å². The lowest BCUT2D eigenvalue weighted by Gasteiger charge is -2.15. The Morgan fingerprint density at radius 2 is 2.36 bits per heavy atom. The maximum absolute atomic E-state index is 4.45. The summed E-state index contributed by atoms with van der Waals surface area (Å²) in [5.74, 6) is 1.02. The first-order valence-corrected chi connectivity index (χ1v) is 4.96. The number of hydrogen-bond donors (Lipinski definition) is 2. The molecule has 14 heavy (non-hydrogen) atoms. The van der Waals surface area contributed by atoms with Gasteiger partial charge in [-0.3, -0.25) is 4.99 Å². The van der Waals surface area contributed by atoms with Crippen molar-refractivity contribution in [3.8, 4) is 0 Å². The van der Waals surface area contributed by atoms with Gasteiger partial charge in [0.15, 0.2) is 0 Å². The highest BCUT2D eigenvalue weighted by Crippen LogP contribution is 2.11. The van der Waals surface area contributed by atoms with Gasteiger partial charge in [0.2, 0.25) is 0 Å². The molecule has 3 nitrogen and oxygen atoms in total. The van der Waals surface area contributed by atoms with E-state index in [9.17, 15) is 0 Å². The van der Waals surface area contributed by atoms with Crippen LogP contribution in [0.15, 0.2) is 29.3 Å². The molecule has 3 heteroatoms. The molecule has 0 saturated carbocycles. The van der Waals surface area contributed by atoms with E-state index in [4.69, 9.17) is 0 Å². The summed E-state index contributed by atoms with van der Waals surface area (Å²) in [6.07, 6.45) is 1.13. The van der Waals surface area contributed by atoms with Crippen LogP contribution in [0.4, 0.5) is 5.69 Å². The lowest BCUT2D eigenvalue weighted by molar-refractivity contribution is 0.742. The molecule has 1 aliphatic heterocycles. The van der Waals surface area contributed by atoms with Crippen molar-refractivity contribution < 1.29 is 0 Å². The van der Waals surface area contributed by atoms with Gasteiger partial charge in [-0.1, -0.05) is 12.1 Å². The largest absolute Gasteiger partial charge is 0.388 e. The molecular weight excluding hydrogens is 174 g/mol. The minimum atomic E-state index is 0.937. The molecule has 1 aliphatic rings. The smallest absolute Gasteiger partial charge is 0.128 e. The number of benzene rings is 1. The number of anilines is 1. The van der Waals surface area contributed by atoms with Gasteiger partial charge in [0.1, 0.15) is 5.84 Å². The summed E-state index contributed by atoms with van der Waals surface area (Å²) in [5.41, 5.74) is 2.29. The molecule has 0 unspecified atom stereocenters. The van der Waals surface area contributed by atoms with Crippen molar-refractivity contribution >= 4 is 11.5 Å². The first-order valence-electron chi connectivity index (χ1n) is 4.96. The fourth-order valence-corrected chi connectivity index (χ4v) is 1.55. The molecular formula is C11H15N3. The van der Waals surface area contributed by atoms with Crippen LogP contribution in [0.25, 0.3) is 0 Å². The SMILES string of the molecule is CNc1cccc(C2=NCCCN2)c1. The number of hydrogen-bond acceptors (Lipinski definition) is 3. The average Bonchev–Trinajstić information content (AvgIpc) is 2.30. The predicted octanol–water partition coefficient (Wildman–Crippen LogP) is 1.47. The van der Waals surface area contributed by atoms with Crippen LogP contribution < -0.4 is 10.6 Å². The van der Waals surface area contributed by atoms with Crippen LogP contribution in [0.2, 0.25) is 0 Å². The van der Waals surface area contributed by atoms with Crippen LogP contribution >= 0.6 is 0 Å². The monoisotopic (exact) mass is 189 g/mol. The van der Waals surface area contributed by atoms with Crippen molar-refractivity contribution in [3.05, 3.63) is 29.8 Å². The fraction of sp³-hybridized carbons (Fsp3) is 0.364. The molecule has 0 aliphatic carbocycles. The normalized spacial score (nSPS) is 15.6. The van der Waals surface area contributed by atoms with Gasteiger partial charge in [0.05, 0.1) is 0 Å². The molecule has 0 atom stereocenters. The molecule has 1 aromatic rings. The van der Waals surface area contributed by atoms with E-state index in [2.05, 4.69) is 27.8 Å². The van der Waals surface area contributed by atoms with Gasteiger partial charge >= 0.3 is 0 Å². The summed E-state index contributed by atoms with van der Waals surface area (Å²) in [6, 6.07) is 8.28. The van der Waals surface area contributed by atoms with Crippen molar-refractivity contribution in [3.63, 3.8) is 0 Å². The van der Waals surface area contributed by atoms with Gasteiger partial charge in [-0.2, -0.15) is 0 Å². The van der Waals surface area contributed by atoms with Crippen molar-refractivity contribution in [2.75, 3.05) is 25.5 Å². The van der Waals surface area contributed by atoms with Gasteiger partial charge in [0.25, 0.3) is 0 Å². The molecule has 74 valence electrons. The van der Waals surface area contributed by atoms with E-state index in [0.717, 1.165) is 36.6 Å². The molecule has 0 fully saturated rings. The van der Waals surface area contributed by atoms with Crippen LogP contribution in [0.5, 0.6) is 0 Å². The maximum Gasteiger partial charge on any atom is 0.128 e. The van der Waals surface area contributed by atoms with E-state index in [1.165, 1.54) is 0 Å². The zero-order valence-corrected chi connectivity index (χ0v) is 8.38. The Hall–Kier alpha value is -1.51. The molecule has 0 amide bonds. The second-order valence-electron chi connectivity index (χ2n) is 3.34. The van der Waals surface area contributed by atoms with Crippen molar-refractivity contribution in [2.45, 2.75) is 6.42 Å². The third kappa shape index (κ3) is 1.87. The standard InChI is InChI=1S/C11H15N3/c1-12-10-5-2-4-9(8-10)11-13-6-3-7-14-11/h2,4-5,8,12H,3,6-7H2,1H3,(H,13,14). The zero-order chi connectivity index (χ0) is 9.80. The quantitative estimate of drug-likeness (QED) is 0.739. The van der Waals surface area contributed by atoms with Crippen LogP contribution in [0.1, 0.15) is 12.0 Å². The Morgan fingerprint density at radius 1 is 1.43 bits per heavy atom. The van der Waals surface area contributed by atoms with E-state index >= 15 is 0 Å². The molecule has 0 radical (unpaired) electrons. The Morgan fingerprint density at radius 3 is 3.07 bits per heavy atom. The molecule has 2 N–H and O–H groups in total. The van der Waals surface area contributed by atoms with E-state index in [1.807, 2.05) is 19.2 Å². The highest BCUT2D eigenvalue weighted by Gasteiger charge is 2.06. The molecule has 0 spiro atoms. The zero-order valence-electron chi connectivity index (χ0n) is 8.38. The Kier molecular flexibility index (Phi) is 2.68. The second-order valence-corrected chi connectivity index (χ2v) is 3.34. The molecule has 2 rings (SSSR count). The van der Waals surface area contributed by atoms with Gasteiger partial charge in [-0.05, 0) is 18.6 Å².